The summed E-state index contributed by atoms with van der Waals surface area (Å²) in [5.41, 5.74) is 16.8. The SMILES string of the molecule is CCC[C@@H](NC(=O)[C@@H](N)CCN)C(=O)N[C@@H](CC(C)C)C(=O)N[C@@H](CCN)C(=O)N[C@H](C(=O)O)[C@@H](C)O. The topological polar surface area (TPSA) is 252 Å². The highest BCUT2D eigenvalue weighted by Gasteiger charge is 2.32. The van der Waals surface area contributed by atoms with E-state index in [1.807, 2.05) is 20.8 Å². The minimum atomic E-state index is -1.58. The monoisotopic (exact) mass is 531 g/mol. The van der Waals surface area contributed by atoms with Crippen LogP contribution in [0.15, 0.2) is 0 Å². The van der Waals surface area contributed by atoms with Gasteiger partial charge in [-0.25, -0.2) is 4.79 Å². The van der Waals surface area contributed by atoms with Crippen molar-refractivity contribution in [3.63, 3.8) is 0 Å². The molecular formula is C23H45N7O7. The molecule has 14 nitrogen and oxygen atoms in total. The van der Waals surface area contributed by atoms with E-state index >= 15 is 0 Å². The summed E-state index contributed by atoms with van der Waals surface area (Å²) >= 11 is 0. The molecule has 0 radical (unpaired) electrons. The number of amides is 4. The van der Waals surface area contributed by atoms with Crippen LogP contribution in [0.25, 0.3) is 0 Å². The average molecular weight is 532 g/mol. The fourth-order valence-corrected chi connectivity index (χ4v) is 3.47. The molecule has 0 aromatic rings. The lowest BCUT2D eigenvalue weighted by Gasteiger charge is -2.27. The number of aliphatic hydroxyl groups excluding tert-OH is 1. The van der Waals surface area contributed by atoms with E-state index in [0.29, 0.717) is 12.8 Å². The number of rotatable bonds is 18. The second-order valence-corrected chi connectivity index (χ2v) is 9.43. The van der Waals surface area contributed by atoms with Gasteiger partial charge in [0.2, 0.25) is 23.6 Å². The number of nitrogens with two attached hydrogens (primary N) is 3. The van der Waals surface area contributed by atoms with E-state index < -0.39 is 65.9 Å². The van der Waals surface area contributed by atoms with Crippen molar-refractivity contribution >= 4 is 29.6 Å². The quantitative estimate of drug-likeness (QED) is 0.0882. The highest BCUT2D eigenvalue weighted by molar-refractivity contribution is 5.95. The maximum Gasteiger partial charge on any atom is 0.328 e. The molecule has 0 unspecified atom stereocenters. The summed E-state index contributed by atoms with van der Waals surface area (Å²) in [5, 5.41) is 28.8. The molecular weight excluding hydrogens is 486 g/mol. The van der Waals surface area contributed by atoms with Gasteiger partial charge in [0.25, 0.3) is 0 Å². The van der Waals surface area contributed by atoms with Crippen LogP contribution >= 0.6 is 0 Å². The number of carboxylic acid groups (broad SMARTS) is 1. The van der Waals surface area contributed by atoms with Crippen LogP contribution in [-0.4, -0.2) is 89.2 Å². The van der Waals surface area contributed by atoms with Crippen molar-refractivity contribution in [2.24, 2.45) is 23.1 Å². The molecule has 0 aromatic heterocycles. The van der Waals surface area contributed by atoms with Gasteiger partial charge >= 0.3 is 5.97 Å². The highest BCUT2D eigenvalue weighted by atomic mass is 16.4. The molecule has 12 N–H and O–H groups in total. The van der Waals surface area contributed by atoms with Gasteiger partial charge in [0.05, 0.1) is 12.1 Å². The maximum atomic E-state index is 13.1. The van der Waals surface area contributed by atoms with Crippen molar-refractivity contribution < 1.29 is 34.2 Å². The largest absolute Gasteiger partial charge is 0.480 e. The highest BCUT2D eigenvalue weighted by Crippen LogP contribution is 2.08. The Balaban J connectivity index is 5.61. The molecule has 0 bridgehead atoms. The second kappa shape index (κ2) is 17.6. The summed E-state index contributed by atoms with van der Waals surface area (Å²) in [6.07, 6.45) is -0.0612. The minimum absolute atomic E-state index is 0.000346. The molecule has 4 amide bonds. The third-order valence-corrected chi connectivity index (χ3v) is 5.50. The zero-order valence-electron chi connectivity index (χ0n) is 22.2. The zero-order valence-corrected chi connectivity index (χ0v) is 22.2. The first-order chi connectivity index (χ1) is 17.3. The molecule has 0 fully saturated rings. The molecule has 37 heavy (non-hydrogen) atoms. The number of hydrogen-bond acceptors (Lipinski definition) is 9. The van der Waals surface area contributed by atoms with Crippen LogP contribution in [0.1, 0.15) is 59.8 Å². The first-order valence-electron chi connectivity index (χ1n) is 12.6. The van der Waals surface area contributed by atoms with Crippen LogP contribution in [0.5, 0.6) is 0 Å². The summed E-state index contributed by atoms with van der Waals surface area (Å²) in [7, 11) is 0. The average Bonchev–Trinajstić information content (AvgIpc) is 2.80. The van der Waals surface area contributed by atoms with E-state index in [9.17, 15) is 34.2 Å². The third-order valence-electron chi connectivity index (χ3n) is 5.50. The zero-order chi connectivity index (χ0) is 28.7. The number of hydrogen-bond donors (Lipinski definition) is 9. The smallest absolute Gasteiger partial charge is 0.328 e. The molecule has 14 heteroatoms. The molecule has 0 aliphatic heterocycles. The Bertz CT molecular complexity index is 764. The Hall–Kier alpha value is -2.81. The minimum Gasteiger partial charge on any atom is -0.480 e. The number of nitrogens with one attached hydrogen (secondary N) is 4. The predicted octanol–water partition coefficient (Wildman–Crippen LogP) is -2.74. The Morgan fingerprint density at radius 2 is 1.19 bits per heavy atom. The van der Waals surface area contributed by atoms with E-state index in [1.54, 1.807) is 0 Å². The summed E-state index contributed by atoms with van der Waals surface area (Å²) in [6, 6.07) is -5.65. The maximum absolute atomic E-state index is 13.1. The molecule has 0 aliphatic carbocycles. The lowest BCUT2D eigenvalue weighted by Crippen LogP contribution is -2.59. The van der Waals surface area contributed by atoms with Crippen molar-refractivity contribution in [1.29, 1.82) is 0 Å². The van der Waals surface area contributed by atoms with E-state index in [1.165, 1.54) is 6.92 Å². The van der Waals surface area contributed by atoms with Crippen molar-refractivity contribution in [1.82, 2.24) is 21.3 Å². The number of aliphatic hydroxyl groups is 1. The standard InChI is InChI=1S/C23H45N7O7/c1-5-6-15(27-19(32)14(26)7-9-24)20(33)29-17(11-12(2)3)22(35)28-16(8-10-25)21(34)30-18(13(4)31)23(36)37/h12-18,31H,5-11,24-26H2,1-4H3,(H,27,32)(H,28,35)(H,29,33)(H,30,34)(H,36,37)/t13-,14+,15-,16+,17+,18+/m1/s1. The van der Waals surface area contributed by atoms with Crippen LogP contribution in [0.2, 0.25) is 0 Å². The Kier molecular flexibility index (Phi) is 16.3. The molecule has 0 heterocycles. The third kappa shape index (κ3) is 12.8. The van der Waals surface area contributed by atoms with Gasteiger partial charge in [-0.3, -0.25) is 19.2 Å². The molecule has 0 saturated heterocycles. The molecule has 0 aliphatic rings. The van der Waals surface area contributed by atoms with Gasteiger partial charge in [-0.05, 0) is 51.6 Å². The normalized spacial score (nSPS) is 16.0. The number of carbonyl (C=O) groups is 5. The Morgan fingerprint density at radius 3 is 1.65 bits per heavy atom. The van der Waals surface area contributed by atoms with Gasteiger partial charge < -0.3 is 48.7 Å². The molecule has 0 aromatic carbocycles. The number of carbonyl (C=O) groups excluding carboxylic acids is 4. The Morgan fingerprint density at radius 1 is 0.730 bits per heavy atom. The van der Waals surface area contributed by atoms with Gasteiger partial charge in [-0.1, -0.05) is 27.2 Å². The molecule has 214 valence electrons. The van der Waals surface area contributed by atoms with Crippen LogP contribution in [0.3, 0.4) is 0 Å². The molecule has 0 spiro atoms. The molecule has 0 rings (SSSR count). The summed E-state index contributed by atoms with van der Waals surface area (Å²) in [5.74, 6) is -4.11. The van der Waals surface area contributed by atoms with Crippen LogP contribution in [-0.2, 0) is 24.0 Å². The van der Waals surface area contributed by atoms with Crippen molar-refractivity contribution in [3.8, 4) is 0 Å². The lowest BCUT2D eigenvalue weighted by molar-refractivity contribution is -0.145. The predicted molar refractivity (Wildman–Crippen MR) is 137 cm³/mol. The summed E-state index contributed by atoms with van der Waals surface area (Å²) < 4.78 is 0. The van der Waals surface area contributed by atoms with E-state index in [4.69, 9.17) is 17.2 Å². The van der Waals surface area contributed by atoms with Gasteiger partial charge in [0, 0.05) is 0 Å². The van der Waals surface area contributed by atoms with Gasteiger partial charge in [0.15, 0.2) is 6.04 Å². The van der Waals surface area contributed by atoms with E-state index in [-0.39, 0.29) is 38.3 Å². The van der Waals surface area contributed by atoms with Crippen LogP contribution in [0, 0.1) is 5.92 Å². The first kappa shape index (κ1) is 34.2. The molecule has 6 atom stereocenters. The van der Waals surface area contributed by atoms with Crippen LogP contribution in [0.4, 0.5) is 0 Å². The van der Waals surface area contributed by atoms with Gasteiger partial charge in [0.1, 0.15) is 18.1 Å². The number of carboxylic acids is 1. The fraction of sp³-hybridized carbons (Fsp3) is 0.783. The fourth-order valence-electron chi connectivity index (χ4n) is 3.47. The Labute approximate surface area is 217 Å². The number of aliphatic carboxylic acids is 1. The van der Waals surface area contributed by atoms with Gasteiger partial charge in [-0.2, -0.15) is 0 Å². The van der Waals surface area contributed by atoms with Crippen molar-refractivity contribution in [2.45, 2.75) is 96.1 Å². The van der Waals surface area contributed by atoms with Crippen molar-refractivity contribution in [2.75, 3.05) is 13.1 Å². The van der Waals surface area contributed by atoms with Gasteiger partial charge in [-0.15, -0.1) is 0 Å². The van der Waals surface area contributed by atoms with E-state index in [0.717, 1.165) is 0 Å². The van der Waals surface area contributed by atoms with Crippen LogP contribution < -0.4 is 38.5 Å². The summed E-state index contributed by atoms with van der Waals surface area (Å²) in [4.78, 5) is 62.5. The molecule has 0 saturated carbocycles. The lowest BCUT2D eigenvalue weighted by atomic mass is 10.0. The summed E-state index contributed by atoms with van der Waals surface area (Å²) in [6.45, 7) is 6.93. The first-order valence-corrected chi connectivity index (χ1v) is 12.6. The van der Waals surface area contributed by atoms with E-state index in [2.05, 4.69) is 21.3 Å². The second-order valence-electron chi connectivity index (χ2n) is 9.43. The van der Waals surface area contributed by atoms with Crippen molar-refractivity contribution in [3.05, 3.63) is 0 Å².